The molecule has 2 N–H and O–H groups in total. The molecule has 1 aromatic rings. The maximum absolute atomic E-state index is 12.6. The van der Waals surface area contributed by atoms with Gasteiger partial charge in [0.05, 0.1) is 4.90 Å². The summed E-state index contributed by atoms with van der Waals surface area (Å²) in [5.74, 6) is 1.72. The summed E-state index contributed by atoms with van der Waals surface area (Å²) in [7, 11) is -3.45. The van der Waals surface area contributed by atoms with Crippen molar-refractivity contribution in [1.82, 2.24) is 9.71 Å². The van der Waals surface area contributed by atoms with Crippen LogP contribution >= 0.6 is 0 Å². The van der Waals surface area contributed by atoms with Gasteiger partial charge in [-0.25, -0.2) is 18.1 Å². The summed E-state index contributed by atoms with van der Waals surface area (Å²) in [5.41, 5.74) is 0. The fraction of sp³-hybridized carbons (Fsp3) is 0.667. The Labute approximate surface area is 126 Å². The lowest BCUT2D eigenvalue weighted by Crippen LogP contribution is -2.38. The Bertz CT molecular complexity index is 583. The summed E-state index contributed by atoms with van der Waals surface area (Å²) >= 11 is 0. The Morgan fingerprint density at radius 3 is 2.52 bits per heavy atom. The second kappa shape index (κ2) is 5.93. The van der Waals surface area contributed by atoms with E-state index in [9.17, 15) is 8.42 Å². The second-order valence-electron chi connectivity index (χ2n) is 6.13. The molecule has 0 radical (unpaired) electrons. The van der Waals surface area contributed by atoms with Crippen LogP contribution in [0.1, 0.15) is 39.0 Å². The number of sulfonamides is 1. The monoisotopic (exact) mass is 309 g/mol. The molecular formula is C15H23N3O2S. The second-order valence-corrected chi connectivity index (χ2v) is 7.84. The van der Waals surface area contributed by atoms with Gasteiger partial charge in [0.15, 0.2) is 0 Å². The molecule has 0 atom stereocenters. The zero-order chi connectivity index (χ0) is 14.9. The van der Waals surface area contributed by atoms with E-state index >= 15 is 0 Å². The summed E-state index contributed by atoms with van der Waals surface area (Å²) in [5, 5.41) is 3.13. The van der Waals surface area contributed by atoms with Crippen molar-refractivity contribution in [3.8, 4) is 0 Å². The SMILES string of the molecule is CCCNc1cc(S(=O)(=O)NC(C2CC2)C2CC2)ccn1. The van der Waals surface area contributed by atoms with E-state index in [-0.39, 0.29) is 6.04 Å². The van der Waals surface area contributed by atoms with E-state index in [0.29, 0.717) is 22.5 Å². The van der Waals surface area contributed by atoms with Crippen LogP contribution in [0.25, 0.3) is 0 Å². The van der Waals surface area contributed by atoms with Crippen LogP contribution in [0.5, 0.6) is 0 Å². The van der Waals surface area contributed by atoms with Crippen molar-refractivity contribution in [2.45, 2.75) is 50.0 Å². The molecule has 1 aromatic heterocycles. The van der Waals surface area contributed by atoms with Crippen LogP contribution in [-0.4, -0.2) is 26.0 Å². The van der Waals surface area contributed by atoms with Gasteiger partial charge in [-0.05, 0) is 50.0 Å². The molecule has 0 bridgehead atoms. The van der Waals surface area contributed by atoms with Crippen molar-refractivity contribution in [1.29, 1.82) is 0 Å². The lowest BCUT2D eigenvalue weighted by atomic mass is 10.1. The zero-order valence-electron chi connectivity index (χ0n) is 12.4. The quantitative estimate of drug-likeness (QED) is 0.773. The number of hydrogen-bond acceptors (Lipinski definition) is 4. The molecule has 2 aliphatic carbocycles. The Hall–Kier alpha value is -1.14. The van der Waals surface area contributed by atoms with Gasteiger partial charge >= 0.3 is 0 Å². The number of anilines is 1. The van der Waals surface area contributed by atoms with Gasteiger partial charge in [-0.3, -0.25) is 0 Å². The van der Waals surface area contributed by atoms with E-state index in [4.69, 9.17) is 0 Å². The first kappa shape index (κ1) is 14.8. The highest BCUT2D eigenvalue weighted by molar-refractivity contribution is 7.89. The predicted octanol–water partition coefficient (Wildman–Crippen LogP) is 2.37. The number of pyridine rings is 1. The van der Waals surface area contributed by atoms with Gasteiger partial charge in [-0.2, -0.15) is 0 Å². The van der Waals surface area contributed by atoms with Crippen LogP contribution in [0.3, 0.4) is 0 Å². The van der Waals surface area contributed by atoms with E-state index < -0.39 is 10.0 Å². The largest absolute Gasteiger partial charge is 0.370 e. The normalized spacial score (nSPS) is 19.0. The van der Waals surface area contributed by atoms with Gasteiger partial charge in [0.1, 0.15) is 5.82 Å². The molecule has 6 heteroatoms. The third-order valence-corrected chi connectivity index (χ3v) is 5.61. The Morgan fingerprint density at radius 1 is 1.29 bits per heavy atom. The standard InChI is InChI=1S/C15H23N3O2S/c1-2-8-16-14-10-13(7-9-17-14)21(19,20)18-15(11-3-4-11)12-5-6-12/h7,9-12,15,18H,2-6,8H2,1H3,(H,16,17). The van der Waals surface area contributed by atoms with Gasteiger partial charge in [0, 0.05) is 24.8 Å². The number of rotatable bonds is 8. The van der Waals surface area contributed by atoms with Crippen LogP contribution < -0.4 is 10.0 Å². The minimum absolute atomic E-state index is 0.134. The van der Waals surface area contributed by atoms with Crippen molar-refractivity contribution in [2.75, 3.05) is 11.9 Å². The molecule has 2 saturated carbocycles. The van der Waals surface area contributed by atoms with Gasteiger partial charge < -0.3 is 5.32 Å². The van der Waals surface area contributed by atoms with E-state index in [0.717, 1.165) is 38.6 Å². The molecule has 21 heavy (non-hydrogen) atoms. The van der Waals surface area contributed by atoms with Crippen LogP contribution in [0.4, 0.5) is 5.82 Å². The average Bonchev–Trinajstić information content (AvgIpc) is 3.36. The zero-order valence-corrected chi connectivity index (χ0v) is 13.2. The molecule has 5 nitrogen and oxygen atoms in total. The first-order valence-electron chi connectivity index (χ1n) is 7.82. The van der Waals surface area contributed by atoms with E-state index in [2.05, 4.69) is 21.9 Å². The highest BCUT2D eigenvalue weighted by Gasteiger charge is 2.43. The van der Waals surface area contributed by atoms with Crippen LogP contribution in [0, 0.1) is 11.8 Å². The Kier molecular flexibility index (Phi) is 4.17. The first-order valence-corrected chi connectivity index (χ1v) is 9.30. The molecule has 0 amide bonds. The van der Waals surface area contributed by atoms with Crippen molar-refractivity contribution in [3.63, 3.8) is 0 Å². The van der Waals surface area contributed by atoms with Gasteiger partial charge in [0.2, 0.25) is 10.0 Å². The summed E-state index contributed by atoms with van der Waals surface area (Å²) in [4.78, 5) is 4.47. The molecule has 116 valence electrons. The Balaban J connectivity index is 1.74. The molecule has 2 fully saturated rings. The maximum Gasteiger partial charge on any atom is 0.241 e. The third kappa shape index (κ3) is 3.74. The van der Waals surface area contributed by atoms with Crippen molar-refractivity contribution >= 4 is 15.8 Å². The van der Waals surface area contributed by atoms with Gasteiger partial charge in [0.25, 0.3) is 0 Å². The minimum atomic E-state index is -3.45. The predicted molar refractivity (Wildman–Crippen MR) is 82.6 cm³/mol. The highest BCUT2D eigenvalue weighted by Crippen LogP contribution is 2.45. The Morgan fingerprint density at radius 2 is 1.95 bits per heavy atom. The summed E-state index contributed by atoms with van der Waals surface area (Å²) in [6, 6.07) is 3.32. The van der Waals surface area contributed by atoms with Crippen molar-refractivity contribution in [2.24, 2.45) is 11.8 Å². The van der Waals surface area contributed by atoms with Crippen LogP contribution in [0.15, 0.2) is 23.2 Å². The number of aromatic nitrogens is 1. The summed E-state index contributed by atoms with van der Waals surface area (Å²) in [6.07, 6.45) is 7.15. The van der Waals surface area contributed by atoms with E-state index in [1.807, 2.05) is 0 Å². The van der Waals surface area contributed by atoms with Crippen LogP contribution in [0.2, 0.25) is 0 Å². The molecule has 0 aliphatic heterocycles. The number of hydrogen-bond donors (Lipinski definition) is 2. The highest BCUT2D eigenvalue weighted by atomic mass is 32.2. The molecule has 0 spiro atoms. The fourth-order valence-corrected chi connectivity index (χ4v) is 4.05. The molecule has 2 aliphatic rings. The van der Waals surface area contributed by atoms with Gasteiger partial charge in [-0.1, -0.05) is 6.92 Å². The van der Waals surface area contributed by atoms with Crippen molar-refractivity contribution < 1.29 is 8.42 Å². The molecule has 0 saturated heterocycles. The number of nitrogens with zero attached hydrogens (tertiary/aromatic N) is 1. The van der Waals surface area contributed by atoms with Crippen LogP contribution in [-0.2, 0) is 10.0 Å². The molecule has 0 aromatic carbocycles. The smallest absolute Gasteiger partial charge is 0.241 e. The molecular weight excluding hydrogens is 286 g/mol. The number of nitrogens with one attached hydrogen (secondary N) is 2. The third-order valence-electron chi connectivity index (χ3n) is 4.15. The minimum Gasteiger partial charge on any atom is -0.370 e. The van der Waals surface area contributed by atoms with E-state index in [1.165, 1.54) is 0 Å². The topological polar surface area (TPSA) is 71.1 Å². The lowest BCUT2D eigenvalue weighted by Gasteiger charge is -2.18. The fourth-order valence-electron chi connectivity index (χ4n) is 2.66. The molecule has 1 heterocycles. The van der Waals surface area contributed by atoms with Crippen molar-refractivity contribution in [3.05, 3.63) is 18.3 Å². The maximum atomic E-state index is 12.6. The van der Waals surface area contributed by atoms with E-state index in [1.54, 1.807) is 18.3 Å². The average molecular weight is 309 g/mol. The first-order chi connectivity index (χ1) is 10.1. The van der Waals surface area contributed by atoms with Gasteiger partial charge in [-0.15, -0.1) is 0 Å². The summed E-state index contributed by atoms with van der Waals surface area (Å²) < 4.78 is 28.1. The molecule has 3 rings (SSSR count). The summed E-state index contributed by atoms with van der Waals surface area (Å²) in [6.45, 7) is 2.85. The lowest BCUT2D eigenvalue weighted by molar-refractivity contribution is 0.471. The molecule has 0 unspecified atom stereocenters.